The molecule has 1 aliphatic rings. The third-order valence-corrected chi connectivity index (χ3v) is 2.75. The summed E-state index contributed by atoms with van der Waals surface area (Å²) < 4.78 is 0. The van der Waals surface area contributed by atoms with Crippen LogP contribution in [-0.4, -0.2) is 16.0 Å². The van der Waals surface area contributed by atoms with E-state index in [0.29, 0.717) is 17.9 Å². The maximum absolute atomic E-state index is 11.6. The lowest BCUT2D eigenvalue weighted by atomic mass is 10.1. The van der Waals surface area contributed by atoms with Crippen molar-refractivity contribution in [1.29, 1.82) is 0 Å². The number of nitrogens with one attached hydrogen (secondary N) is 1. The zero-order valence-electron chi connectivity index (χ0n) is 9.21. The SMILES string of the molecule is Cc1c(CC(C)N)nc(C2CC2)[nH]c1=O. The molecule has 1 aromatic rings. The van der Waals surface area contributed by atoms with Gasteiger partial charge in [0.25, 0.3) is 5.56 Å². The molecule has 1 aromatic heterocycles. The number of hydrogen-bond acceptors (Lipinski definition) is 3. The van der Waals surface area contributed by atoms with Crippen LogP contribution in [0.15, 0.2) is 4.79 Å². The van der Waals surface area contributed by atoms with Crippen LogP contribution >= 0.6 is 0 Å². The average Bonchev–Trinajstić information content (AvgIpc) is 2.94. The molecule has 1 fully saturated rings. The summed E-state index contributed by atoms with van der Waals surface area (Å²) in [6.07, 6.45) is 2.96. The Morgan fingerprint density at radius 3 is 2.80 bits per heavy atom. The smallest absolute Gasteiger partial charge is 0.254 e. The Bertz CT molecular complexity index is 418. The molecule has 15 heavy (non-hydrogen) atoms. The van der Waals surface area contributed by atoms with E-state index in [9.17, 15) is 4.79 Å². The number of nitrogens with two attached hydrogens (primary N) is 1. The third-order valence-electron chi connectivity index (χ3n) is 2.75. The number of nitrogens with zero attached hydrogens (tertiary/aromatic N) is 1. The van der Waals surface area contributed by atoms with E-state index in [1.54, 1.807) is 6.92 Å². The molecule has 1 saturated carbocycles. The Labute approximate surface area is 88.9 Å². The van der Waals surface area contributed by atoms with E-state index in [-0.39, 0.29) is 11.6 Å². The molecule has 0 aliphatic heterocycles. The second-order valence-electron chi connectivity index (χ2n) is 4.48. The van der Waals surface area contributed by atoms with Crippen molar-refractivity contribution in [2.45, 2.75) is 45.1 Å². The van der Waals surface area contributed by atoms with Crippen molar-refractivity contribution in [3.8, 4) is 0 Å². The highest BCUT2D eigenvalue weighted by atomic mass is 16.1. The standard InChI is InChI=1S/C11H17N3O/c1-6(12)5-9-7(2)11(15)14-10(13-9)8-3-4-8/h6,8H,3-5,12H2,1-2H3,(H,13,14,15). The van der Waals surface area contributed by atoms with Gasteiger partial charge in [-0.1, -0.05) is 0 Å². The zero-order valence-corrected chi connectivity index (χ0v) is 9.21. The van der Waals surface area contributed by atoms with Crippen molar-refractivity contribution in [2.75, 3.05) is 0 Å². The highest BCUT2D eigenvalue weighted by Gasteiger charge is 2.27. The average molecular weight is 207 g/mol. The number of rotatable bonds is 3. The Morgan fingerprint density at radius 1 is 1.60 bits per heavy atom. The molecule has 1 unspecified atom stereocenters. The van der Waals surface area contributed by atoms with Crippen LogP contribution < -0.4 is 11.3 Å². The van der Waals surface area contributed by atoms with Crippen molar-refractivity contribution in [1.82, 2.24) is 9.97 Å². The highest BCUT2D eigenvalue weighted by molar-refractivity contribution is 5.19. The molecule has 1 aliphatic carbocycles. The maximum Gasteiger partial charge on any atom is 0.254 e. The van der Waals surface area contributed by atoms with Crippen LogP contribution in [0.3, 0.4) is 0 Å². The summed E-state index contributed by atoms with van der Waals surface area (Å²) in [6.45, 7) is 3.74. The lowest BCUT2D eigenvalue weighted by Crippen LogP contribution is -2.24. The molecule has 4 nitrogen and oxygen atoms in total. The Hall–Kier alpha value is -1.16. The van der Waals surface area contributed by atoms with E-state index < -0.39 is 0 Å². The monoisotopic (exact) mass is 207 g/mol. The molecule has 0 spiro atoms. The van der Waals surface area contributed by atoms with Crippen LogP contribution in [0.25, 0.3) is 0 Å². The van der Waals surface area contributed by atoms with E-state index >= 15 is 0 Å². The number of aromatic amines is 1. The molecular formula is C11H17N3O. The van der Waals surface area contributed by atoms with E-state index in [1.807, 2.05) is 6.92 Å². The first-order chi connectivity index (χ1) is 7.08. The third kappa shape index (κ3) is 2.26. The van der Waals surface area contributed by atoms with Gasteiger partial charge in [-0.3, -0.25) is 4.79 Å². The van der Waals surface area contributed by atoms with Crippen molar-refractivity contribution < 1.29 is 0 Å². The van der Waals surface area contributed by atoms with Gasteiger partial charge in [0.1, 0.15) is 5.82 Å². The summed E-state index contributed by atoms with van der Waals surface area (Å²) in [5.41, 5.74) is 7.28. The lowest BCUT2D eigenvalue weighted by Gasteiger charge is -2.08. The first kappa shape index (κ1) is 10.4. The van der Waals surface area contributed by atoms with Crippen LogP contribution in [0, 0.1) is 6.92 Å². The van der Waals surface area contributed by atoms with Gasteiger partial charge >= 0.3 is 0 Å². The summed E-state index contributed by atoms with van der Waals surface area (Å²) in [4.78, 5) is 19.0. The number of aromatic nitrogens is 2. The predicted octanol–water partition coefficient (Wildman–Crippen LogP) is 0.845. The molecule has 0 saturated heterocycles. The van der Waals surface area contributed by atoms with Crippen molar-refractivity contribution in [3.63, 3.8) is 0 Å². The molecule has 3 N–H and O–H groups in total. The van der Waals surface area contributed by atoms with Gasteiger partial charge in [-0.2, -0.15) is 0 Å². The van der Waals surface area contributed by atoms with Gasteiger partial charge in [0.15, 0.2) is 0 Å². The Balaban J connectivity index is 2.38. The van der Waals surface area contributed by atoms with Gasteiger partial charge in [-0.15, -0.1) is 0 Å². The predicted molar refractivity (Wildman–Crippen MR) is 58.9 cm³/mol. The van der Waals surface area contributed by atoms with Gasteiger partial charge in [0.2, 0.25) is 0 Å². The van der Waals surface area contributed by atoms with Gasteiger partial charge in [0.05, 0.1) is 5.69 Å². The quantitative estimate of drug-likeness (QED) is 0.771. The van der Waals surface area contributed by atoms with E-state index in [2.05, 4.69) is 9.97 Å². The molecule has 0 radical (unpaired) electrons. The molecule has 0 bridgehead atoms. The van der Waals surface area contributed by atoms with E-state index in [1.165, 1.54) is 0 Å². The fourth-order valence-corrected chi connectivity index (χ4v) is 1.65. The van der Waals surface area contributed by atoms with Crippen LogP contribution in [0.1, 0.15) is 42.8 Å². The molecule has 1 atom stereocenters. The van der Waals surface area contributed by atoms with Crippen LogP contribution in [-0.2, 0) is 6.42 Å². The maximum atomic E-state index is 11.6. The molecule has 4 heteroatoms. The summed E-state index contributed by atoms with van der Waals surface area (Å²) >= 11 is 0. The molecule has 2 rings (SSSR count). The molecule has 0 aromatic carbocycles. The second-order valence-corrected chi connectivity index (χ2v) is 4.48. The van der Waals surface area contributed by atoms with Gasteiger partial charge in [-0.05, 0) is 26.7 Å². The van der Waals surface area contributed by atoms with Gasteiger partial charge < -0.3 is 10.7 Å². The fourth-order valence-electron chi connectivity index (χ4n) is 1.65. The number of H-pyrrole nitrogens is 1. The van der Waals surface area contributed by atoms with E-state index in [4.69, 9.17) is 5.73 Å². The van der Waals surface area contributed by atoms with Crippen molar-refractivity contribution in [2.24, 2.45) is 5.73 Å². The summed E-state index contributed by atoms with van der Waals surface area (Å²) in [5, 5.41) is 0. The minimum atomic E-state index is -0.0115. The Morgan fingerprint density at radius 2 is 2.27 bits per heavy atom. The van der Waals surface area contributed by atoms with Crippen LogP contribution in [0.5, 0.6) is 0 Å². The highest BCUT2D eigenvalue weighted by Crippen LogP contribution is 2.37. The summed E-state index contributed by atoms with van der Waals surface area (Å²) in [6, 6.07) is 0.0463. The van der Waals surface area contributed by atoms with Crippen molar-refractivity contribution >= 4 is 0 Å². The minimum Gasteiger partial charge on any atom is -0.328 e. The molecule has 0 amide bonds. The zero-order chi connectivity index (χ0) is 11.0. The largest absolute Gasteiger partial charge is 0.328 e. The molecule has 82 valence electrons. The van der Waals surface area contributed by atoms with Crippen LogP contribution in [0.4, 0.5) is 0 Å². The lowest BCUT2D eigenvalue weighted by molar-refractivity contribution is 0.703. The number of hydrogen-bond donors (Lipinski definition) is 2. The van der Waals surface area contributed by atoms with Crippen molar-refractivity contribution in [3.05, 3.63) is 27.4 Å². The normalized spacial score (nSPS) is 17.8. The molecule has 1 heterocycles. The van der Waals surface area contributed by atoms with E-state index in [0.717, 1.165) is 24.4 Å². The van der Waals surface area contributed by atoms with Gasteiger partial charge in [0, 0.05) is 23.9 Å². The van der Waals surface area contributed by atoms with Gasteiger partial charge in [-0.25, -0.2) is 4.98 Å². The minimum absolute atomic E-state index is 0.0115. The summed E-state index contributed by atoms with van der Waals surface area (Å²) in [5.74, 6) is 1.33. The van der Waals surface area contributed by atoms with Crippen LogP contribution in [0.2, 0.25) is 0 Å². The molecular weight excluding hydrogens is 190 g/mol. The first-order valence-electron chi connectivity index (χ1n) is 5.43. The Kier molecular flexibility index (Phi) is 2.61. The summed E-state index contributed by atoms with van der Waals surface area (Å²) in [7, 11) is 0. The topological polar surface area (TPSA) is 71.8 Å². The second kappa shape index (κ2) is 3.77. The fraction of sp³-hybridized carbons (Fsp3) is 0.636. The first-order valence-corrected chi connectivity index (χ1v) is 5.43.